The molecule has 0 atom stereocenters. The zero-order valence-electron chi connectivity index (χ0n) is 14.7. The van der Waals surface area contributed by atoms with Crippen molar-refractivity contribution in [3.63, 3.8) is 0 Å². The summed E-state index contributed by atoms with van der Waals surface area (Å²) < 4.78 is 28.1. The summed E-state index contributed by atoms with van der Waals surface area (Å²) in [4.78, 5) is 12.8. The maximum Gasteiger partial charge on any atom is 0.126 e. The molecule has 0 amide bonds. The number of carbonyl (C=O) groups is 1. The molecule has 0 bridgehead atoms. The van der Waals surface area contributed by atoms with Gasteiger partial charge in [0.25, 0.3) is 0 Å². The number of isothiocyanates is 1. The molecule has 0 saturated carbocycles. The third kappa shape index (κ3) is 264. The fraction of sp³-hybridized carbons (Fsp3) is 0.824. The topological polar surface area (TPSA) is 82.0 Å². The Morgan fingerprint density at radius 2 is 1.20 bits per heavy atom. The third-order valence-electron chi connectivity index (χ3n) is 0.503. The van der Waals surface area contributed by atoms with Crippen molar-refractivity contribution >= 4 is 38.2 Å². The van der Waals surface area contributed by atoms with Crippen LogP contribution in [0.2, 0.25) is 0 Å². The summed E-state index contributed by atoms with van der Waals surface area (Å²) in [5.41, 5.74) is 0. The highest BCUT2D eigenvalue weighted by atomic mass is 32.2. The zero-order valence-corrected chi connectivity index (χ0v) is 16.4. The normalized spacial score (nSPS) is 6.20. The number of carbonyl (C=O) groups excluding carboxylic acids is 1. The molecule has 0 rings (SSSR count). The van der Waals surface area contributed by atoms with Crippen LogP contribution in [0.1, 0.15) is 77.7 Å². The van der Waals surface area contributed by atoms with Crippen molar-refractivity contribution in [2.24, 2.45) is 4.99 Å². The SMILES string of the molecule is C.C.C.C.C=[S-](=O)OC.CC.CC(C)=O.CCC.CN=C=[S-](=O)OC. The van der Waals surface area contributed by atoms with Crippen LogP contribution in [0.5, 0.6) is 0 Å². The fourth-order valence-electron chi connectivity index (χ4n) is 0.112. The van der Waals surface area contributed by atoms with Gasteiger partial charge in [-0.3, -0.25) is 4.99 Å². The lowest BCUT2D eigenvalue weighted by molar-refractivity contribution is -0.114. The number of Topliss-reactive ketones (excluding diaryl/α,β-unsaturated/α-hetero) is 1. The van der Waals surface area contributed by atoms with Gasteiger partial charge >= 0.3 is 0 Å². The van der Waals surface area contributed by atoms with E-state index >= 15 is 0 Å². The molecule has 0 unspecified atom stereocenters. The number of rotatable bonds is 2. The van der Waals surface area contributed by atoms with Crippen molar-refractivity contribution in [3.8, 4) is 0 Å². The van der Waals surface area contributed by atoms with E-state index in [-0.39, 0.29) is 35.5 Å². The molecular weight excluding hydrogens is 362 g/mol. The van der Waals surface area contributed by atoms with E-state index in [1.807, 2.05) is 13.8 Å². The van der Waals surface area contributed by atoms with Crippen molar-refractivity contribution in [2.75, 3.05) is 21.3 Å². The largest absolute Gasteiger partial charge is 0.455 e. The van der Waals surface area contributed by atoms with E-state index in [9.17, 15) is 13.2 Å². The highest BCUT2D eigenvalue weighted by Gasteiger charge is 1.62. The van der Waals surface area contributed by atoms with Crippen LogP contribution in [0.15, 0.2) is 4.99 Å². The van der Waals surface area contributed by atoms with Crippen molar-refractivity contribution < 1.29 is 21.6 Å². The second-order valence-electron chi connectivity index (χ2n) is 2.80. The second-order valence-corrected chi connectivity index (χ2v) is 4.73. The fourth-order valence-corrected chi connectivity index (χ4v) is 0.335. The van der Waals surface area contributed by atoms with Gasteiger partial charge < -0.3 is 21.6 Å². The molecule has 0 saturated heterocycles. The summed E-state index contributed by atoms with van der Waals surface area (Å²) in [5, 5.41) is 2.17. The van der Waals surface area contributed by atoms with Crippen LogP contribution in [0.4, 0.5) is 0 Å². The molecule has 0 aliphatic carbocycles. The minimum absolute atomic E-state index is 0. The van der Waals surface area contributed by atoms with Gasteiger partial charge in [0, 0.05) is 21.3 Å². The number of nitrogens with zero attached hydrogens (tertiary/aromatic N) is 1. The Morgan fingerprint density at radius 1 is 1.00 bits per heavy atom. The Balaban J connectivity index is -0.0000000185. The van der Waals surface area contributed by atoms with E-state index < -0.39 is 21.3 Å². The molecule has 0 spiro atoms. The van der Waals surface area contributed by atoms with Gasteiger partial charge in [-0.1, -0.05) is 74.5 Å². The van der Waals surface area contributed by atoms with Gasteiger partial charge in [0.1, 0.15) is 5.78 Å². The highest BCUT2D eigenvalue weighted by molar-refractivity contribution is 7.78. The van der Waals surface area contributed by atoms with Crippen LogP contribution in [-0.2, 0) is 42.9 Å². The zero-order chi connectivity index (χ0) is 18.3. The van der Waals surface area contributed by atoms with Crippen molar-refractivity contribution in [1.82, 2.24) is 0 Å². The molecule has 0 N–H and O–H groups in total. The summed E-state index contributed by atoms with van der Waals surface area (Å²) in [6.07, 6.45) is 1.25. The van der Waals surface area contributed by atoms with Crippen LogP contribution in [-0.4, -0.2) is 38.1 Å². The Kier molecular flexibility index (Phi) is 148. The molecule has 0 aromatic carbocycles. The van der Waals surface area contributed by atoms with Crippen molar-refractivity contribution in [1.29, 1.82) is 0 Å². The maximum absolute atomic E-state index is 10.1. The van der Waals surface area contributed by atoms with Gasteiger partial charge in [0.15, 0.2) is 0 Å². The first-order valence-corrected chi connectivity index (χ1v) is 8.58. The molecule has 0 aliphatic rings. The summed E-state index contributed by atoms with van der Waals surface area (Å²) >= 11 is 0. The Morgan fingerprint density at radius 3 is 1.24 bits per heavy atom. The van der Waals surface area contributed by atoms with E-state index in [1.54, 1.807) is 0 Å². The maximum atomic E-state index is 10.1. The van der Waals surface area contributed by atoms with Crippen LogP contribution < -0.4 is 0 Å². The van der Waals surface area contributed by atoms with E-state index in [2.05, 4.69) is 38.2 Å². The van der Waals surface area contributed by atoms with E-state index in [0.717, 1.165) is 0 Å². The van der Waals surface area contributed by atoms with Crippen LogP contribution in [0.25, 0.3) is 0 Å². The molecule has 0 aromatic rings. The second kappa shape index (κ2) is 65.5. The molecule has 8 heteroatoms. The lowest BCUT2D eigenvalue weighted by atomic mass is 10.6. The minimum atomic E-state index is -1.44. The Bertz CT molecular complexity index is 357. The van der Waals surface area contributed by atoms with Gasteiger partial charge in [-0.15, -0.1) is 5.16 Å². The van der Waals surface area contributed by atoms with Crippen molar-refractivity contribution in [3.05, 3.63) is 0 Å². The Labute approximate surface area is 163 Å². The summed E-state index contributed by atoms with van der Waals surface area (Å²) in [7, 11) is 1.38. The predicted octanol–water partition coefficient (Wildman–Crippen LogP) is 5.57. The van der Waals surface area contributed by atoms with Gasteiger partial charge in [0.2, 0.25) is 0 Å². The quantitative estimate of drug-likeness (QED) is 0.338. The molecule has 6 nitrogen and oxygen atoms in total. The molecule has 164 valence electrons. The molecule has 0 heterocycles. The van der Waals surface area contributed by atoms with Gasteiger partial charge in [-0.05, 0) is 13.8 Å². The first-order chi connectivity index (χ1) is 9.72. The average molecular weight is 410 g/mol. The molecule has 0 aromatic heterocycles. The standard InChI is InChI=1S/C3H6NO2S.C3H6O.C3H8.C2H5O2S.C2H6.4CH4/c1-4-3-7(5)6-2;1-3(2)4;1-3-2;1-4-5(2)3;1-2;;;;/h1-2H3;1-2H3;3H2,1-2H3;2H2,1H3;1-2H3;4*1H4/q-1;;;-1;;;;;. The smallest absolute Gasteiger partial charge is 0.126 e. The Hall–Kier alpha value is -0.660. The predicted molar refractivity (Wildman–Crippen MR) is 121 cm³/mol. The third-order valence-corrected chi connectivity index (χ3v) is 1.51. The average Bonchev–Trinajstić information content (AvgIpc) is 2.42. The molecule has 0 aliphatic heterocycles. The van der Waals surface area contributed by atoms with Gasteiger partial charge in [-0.2, -0.15) is 16.5 Å². The molecule has 0 radical (unpaired) electrons. The van der Waals surface area contributed by atoms with Gasteiger partial charge in [-0.25, -0.2) is 0 Å². The van der Waals surface area contributed by atoms with Crippen LogP contribution >= 0.6 is 0 Å². The molecular formula is C17H47NO5S2-2. The monoisotopic (exact) mass is 409 g/mol. The first kappa shape index (κ1) is 56.3. The van der Waals surface area contributed by atoms with E-state index in [4.69, 9.17) is 0 Å². The summed E-state index contributed by atoms with van der Waals surface area (Å²) in [6.45, 7) is 11.3. The molecule has 25 heavy (non-hydrogen) atoms. The van der Waals surface area contributed by atoms with Crippen LogP contribution in [0, 0.1) is 0 Å². The number of hydrogen-bond acceptors (Lipinski definition) is 8. The number of aliphatic imine (C=N–C) groups is 1. The van der Waals surface area contributed by atoms with Crippen LogP contribution in [0.3, 0.4) is 0 Å². The minimum Gasteiger partial charge on any atom is -0.455 e. The summed E-state index contributed by atoms with van der Waals surface area (Å²) in [5.74, 6) is 3.17. The molecule has 0 fully saturated rings. The number of ketones is 1. The van der Waals surface area contributed by atoms with E-state index in [0.29, 0.717) is 0 Å². The van der Waals surface area contributed by atoms with Gasteiger partial charge in [0.05, 0.1) is 0 Å². The lowest BCUT2D eigenvalue weighted by Gasteiger charge is -1.89. The lowest BCUT2D eigenvalue weighted by Crippen LogP contribution is -1.74. The van der Waals surface area contributed by atoms with Crippen molar-refractivity contribution in [2.45, 2.75) is 77.7 Å². The first-order valence-electron chi connectivity index (χ1n) is 6.27. The summed E-state index contributed by atoms with van der Waals surface area (Å²) in [6, 6.07) is 0. The number of hydrogen-bond donors (Lipinski definition) is 0. The highest BCUT2D eigenvalue weighted by Crippen LogP contribution is 1.59. The van der Waals surface area contributed by atoms with E-state index in [1.165, 1.54) is 41.5 Å².